The number of hydrazone groups is 1. The summed E-state index contributed by atoms with van der Waals surface area (Å²) in [7, 11) is -0.180. The van der Waals surface area contributed by atoms with E-state index in [1.54, 1.807) is 24.3 Å². The summed E-state index contributed by atoms with van der Waals surface area (Å²) >= 11 is 6.20. The summed E-state index contributed by atoms with van der Waals surface area (Å²) in [6.07, 6.45) is 3.35. The van der Waals surface area contributed by atoms with E-state index in [2.05, 4.69) is 15.8 Å². The van der Waals surface area contributed by atoms with E-state index in [-0.39, 0.29) is 45.7 Å². The third-order valence-corrected chi connectivity index (χ3v) is 8.83. The molecule has 0 radical (unpaired) electrons. The van der Waals surface area contributed by atoms with E-state index in [0.717, 1.165) is 23.8 Å². The molecule has 0 saturated carbocycles. The van der Waals surface area contributed by atoms with Crippen LogP contribution in [0.5, 0.6) is 23.0 Å². The van der Waals surface area contributed by atoms with Crippen molar-refractivity contribution in [3.63, 3.8) is 0 Å². The number of nitrogens with zero attached hydrogens (tertiary/aromatic N) is 2. The Balaban J connectivity index is 1.42. The number of carbonyl (C=O) groups excluding carboxylic acids is 2. The van der Waals surface area contributed by atoms with E-state index in [4.69, 9.17) is 35.3 Å². The van der Waals surface area contributed by atoms with E-state index in [1.165, 1.54) is 63.9 Å². The number of hydrogen-bond acceptors (Lipinski definition) is 10. The van der Waals surface area contributed by atoms with Crippen LogP contribution in [0.4, 0.5) is 5.69 Å². The number of anilines is 1. The van der Waals surface area contributed by atoms with Gasteiger partial charge in [0.2, 0.25) is 0 Å². The molecule has 3 aromatic carbocycles. The highest BCUT2D eigenvalue weighted by Crippen LogP contribution is 2.37. The predicted molar refractivity (Wildman–Crippen MR) is 172 cm³/mol. The maximum atomic E-state index is 13.9. The fraction of sp³-hybridized carbons (Fsp3) is 0.323. The number of amides is 2. The van der Waals surface area contributed by atoms with Gasteiger partial charge in [0, 0.05) is 24.2 Å². The third kappa shape index (κ3) is 9.02. The highest BCUT2D eigenvalue weighted by Gasteiger charge is 2.30. The Hall–Kier alpha value is -4.53. The van der Waals surface area contributed by atoms with Crippen LogP contribution >= 0.6 is 11.6 Å². The van der Waals surface area contributed by atoms with Gasteiger partial charge < -0.3 is 29.0 Å². The summed E-state index contributed by atoms with van der Waals surface area (Å²) < 4.78 is 55.6. The summed E-state index contributed by atoms with van der Waals surface area (Å²) in [5.41, 5.74) is 3.01. The van der Waals surface area contributed by atoms with Crippen LogP contribution in [0.15, 0.2) is 70.7 Å². The number of carbonyl (C=O) groups is 2. The zero-order chi connectivity index (χ0) is 33.1. The summed E-state index contributed by atoms with van der Waals surface area (Å²) in [6.45, 7) is 0.369. The second kappa shape index (κ2) is 16.2. The normalized spacial score (nSPS) is 14.5. The SMILES string of the molecule is COc1ccc(S(=O)(=O)N(CC(=O)N/N=C\c2ccc(OCC(=O)NC[C@H]3CCCO3)cc2)c2cc(Cl)ccc2OC)cc1OC. The lowest BCUT2D eigenvalue weighted by atomic mass is 10.2. The minimum absolute atomic E-state index is 0.0417. The summed E-state index contributed by atoms with van der Waals surface area (Å²) in [4.78, 5) is 24.9. The molecule has 1 saturated heterocycles. The van der Waals surface area contributed by atoms with Gasteiger partial charge in [-0.3, -0.25) is 13.9 Å². The molecule has 15 heteroatoms. The molecule has 1 aliphatic rings. The van der Waals surface area contributed by atoms with Crippen molar-refractivity contribution in [2.45, 2.75) is 23.8 Å². The van der Waals surface area contributed by atoms with Crippen LogP contribution in [-0.2, 0) is 24.3 Å². The fourth-order valence-electron chi connectivity index (χ4n) is 4.49. The first kappa shape index (κ1) is 34.3. The van der Waals surface area contributed by atoms with Crippen molar-refractivity contribution in [2.24, 2.45) is 5.10 Å². The molecule has 246 valence electrons. The molecule has 0 unspecified atom stereocenters. The molecule has 0 bridgehead atoms. The molecule has 3 aromatic rings. The maximum Gasteiger partial charge on any atom is 0.265 e. The number of nitrogens with one attached hydrogen (secondary N) is 2. The molecule has 1 atom stereocenters. The van der Waals surface area contributed by atoms with Crippen molar-refractivity contribution in [2.75, 3.05) is 51.9 Å². The van der Waals surface area contributed by atoms with Gasteiger partial charge in [-0.05, 0) is 73.0 Å². The van der Waals surface area contributed by atoms with Crippen molar-refractivity contribution in [1.82, 2.24) is 10.7 Å². The van der Waals surface area contributed by atoms with Crippen LogP contribution in [0, 0.1) is 0 Å². The van der Waals surface area contributed by atoms with Gasteiger partial charge >= 0.3 is 0 Å². The minimum Gasteiger partial charge on any atom is -0.495 e. The molecule has 2 amide bonds. The van der Waals surface area contributed by atoms with E-state index >= 15 is 0 Å². The van der Waals surface area contributed by atoms with Gasteiger partial charge in [-0.25, -0.2) is 13.8 Å². The molecular weight excluding hydrogens is 640 g/mol. The number of ether oxygens (including phenoxy) is 5. The molecular formula is C31H35ClN4O9S. The van der Waals surface area contributed by atoms with Gasteiger partial charge in [0.25, 0.3) is 21.8 Å². The molecule has 2 N–H and O–H groups in total. The minimum atomic E-state index is -4.36. The summed E-state index contributed by atoms with van der Waals surface area (Å²) in [5, 5.41) is 6.98. The number of benzene rings is 3. The monoisotopic (exact) mass is 674 g/mol. The summed E-state index contributed by atoms with van der Waals surface area (Å²) in [5.74, 6) is 0.172. The standard InChI is InChI=1S/C31H35ClN4O9S/c1-41-27-12-8-22(32)15-26(27)36(46(39,40)25-11-13-28(42-2)29(16-25)43-3)19-30(37)35-34-17-21-6-9-23(10-7-21)45-20-31(38)33-18-24-5-4-14-44-24/h6-13,15-17,24H,4-5,14,18-20H2,1-3H3,(H,33,38)(H,35,37)/b34-17-/t24-/m1/s1. The quantitative estimate of drug-likeness (QED) is 0.182. The Morgan fingerprint density at radius 3 is 2.37 bits per heavy atom. The van der Waals surface area contributed by atoms with Gasteiger partial charge in [0.15, 0.2) is 18.1 Å². The van der Waals surface area contributed by atoms with Crippen LogP contribution in [-0.4, -0.2) is 80.2 Å². The average Bonchev–Trinajstić information content (AvgIpc) is 3.59. The van der Waals surface area contributed by atoms with Gasteiger partial charge in [-0.2, -0.15) is 5.10 Å². The van der Waals surface area contributed by atoms with Gasteiger partial charge in [0.05, 0.1) is 44.2 Å². The van der Waals surface area contributed by atoms with Crippen molar-refractivity contribution >= 4 is 45.3 Å². The van der Waals surface area contributed by atoms with Crippen molar-refractivity contribution in [3.8, 4) is 23.0 Å². The molecule has 0 aliphatic carbocycles. The van der Waals surface area contributed by atoms with Gasteiger partial charge in [-0.1, -0.05) is 11.6 Å². The highest BCUT2D eigenvalue weighted by atomic mass is 35.5. The maximum absolute atomic E-state index is 13.9. The first-order chi connectivity index (χ1) is 22.1. The molecule has 46 heavy (non-hydrogen) atoms. The van der Waals surface area contributed by atoms with Crippen LogP contribution in [0.25, 0.3) is 0 Å². The average molecular weight is 675 g/mol. The lowest BCUT2D eigenvalue weighted by Gasteiger charge is -2.25. The van der Waals surface area contributed by atoms with Gasteiger partial charge in [-0.15, -0.1) is 0 Å². The van der Waals surface area contributed by atoms with E-state index in [9.17, 15) is 18.0 Å². The molecule has 13 nitrogen and oxygen atoms in total. The van der Waals surface area contributed by atoms with Gasteiger partial charge in [0.1, 0.15) is 18.0 Å². The van der Waals surface area contributed by atoms with Crippen molar-refractivity contribution < 1.29 is 41.7 Å². The molecule has 0 spiro atoms. The largest absolute Gasteiger partial charge is 0.495 e. The van der Waals surface area contributed by atoms with Crippen LogP contribution in [0.1, 0.15) is 18.4 Å². The van der Waals surface area contributed by atoms with E-state index < -0.39 is 22.5 Å². The summed E-state index contributed by atoms with van der Waals surface area (Å²) in [6, 6.07) is 15.1. The number of halogens is 1. The zero-order valence-electron chi connectivity index (χ0n) is 25.5. The van der Waals surface area contributed by atoms with Crippen LogP contribution < -0.4 is 34.0 Å². The number of sulfonamides is 1. The van der Waals surface area contributed by atoms with Crippen molar-refractivity contribution in [3.05, 3.63) is 71.2 Å². The number of hydrogen-bond donors (Lipinski definition) is 2. The molecule has 1 aliphatic heterocycles. The lowest BCUT2D eigenvalue weighted by molar-refractivity contribution is -0.123. The highest BCUT2D eigenvalue weighted by molar-refractivity contribution is 7.92. The molecule has 1 heterocycles. The predicted octanol–water partition coefficient (Wildman–Crippen LogP) is 3.39. The molecule has 0 aromatic heterocycles. The molecule has 1 fully saturated rings. The fourth-order valence-corrected chi connectivity index (χ4v) is 6.10. The third-order valence-electron chi connectivity index (χ3n) is 6.84. The second-order valence-corrected chi connectivity index (χ2v) is 12.2. The topological polar surface area (TPSA) is 154 Å². The Kier molecular flexibility index (Phi) is 12.1. The Labute approximate surface area is 272 Å². The van der Waals surface area contributed by atoms with Crippen LogP contribution in [0.2, 0.25) is 5.02 Å². The second-order valence-electron chi connectivity index (χ2n) is 9.93. The van der Waals surface area contributed by atoms with Crippen LogP contribution in [0.3, 0.4) is 0 Å². The number of methoxy groups -OCH3 is 3. The Bertz CT molecular complexity index is 1650. The molecule has 4 rings (SSSR count). The van der Waals surface area contributed by atoms with Crippen molar-refractivity contribution in [1.29, 1.82) is 0 Å². The zero-order valence-corrected chi connectivity index (χ0v) is 27.1. The smallest absolute Gasteiger partial charge is 0.265 e. The first-order valence-electron chi connectivity index (χ1n) is 14.2. The number of rotatable bonds is 15. The Morgan fingerprint density at radius 1 is 0.978 bits per heavy atom. The lowest BCUT2D eigenvalue weighted by Crippen LogP contribution is -2.39. The Morgan fingerprint density at radius 2 is 1.70 bits per heavy atom. The first-order valence-corrected chi connectivity index (χ1v) is 16.0. The van der Waals surface area contributed by atoms with E-state index in [0.29, 0.717) is 23.6 Å². The van der Waals surface area contributed by atoms with E-state index in [1.807, 2.05) is 0 Å².